The van der Waals surface area contributed by atoms with E-state index < -0.39 is 0 Å². The van der Waals surface area contributed by atoms with Crippen molar-refractivity contribution in [2.45, 2.75) is 38.4 Å². The predicted molar refractivity (Wildman–Crippen MR) is 77.9 cm³/mol. The molecule has 19 heavy (non-hydrogen) atoms. The molecule has 0 spiro atoms. The Hall–Kier alpha value is -0.910. The molecule has 0 aromatic carbocycles. The van der Waals surface area contributed by atoms with Crippen molar-refractivity contribution in [2.24, 2.45) is 12.8 Å². The summed E-state index contributed by atoms with van der Waals surface area (Å²) in [5.74, 6) is 0. The lowest BCUT2D eigenvalue weighted by Crippen LogP contribution is -2.59. The van der Waals surface area contributed by atoms with Gasteiger partial charge in [0, 0.05) is 50.0 Å². The first-order valence-corrected chi connectivity index (χ1v) is 7.00. The third-order valence-corrected chi connectivity index (χ3v) is 4.30. The van der Waals surface area contributed by atoms with Gasteiger partial charge in [0.1, 0.15) is 0 Å². The summed E-state index contributed by atoms with van der Waals surface area (Å²) in [5.41, 5.74) is 7.65. The maximum atomic E-state index is 6.24. The van der Waals surface area contributed by atoms with Crippen LogP contribution in [0.3, 0.4) is 0 Å². The van der Waals surface area contributed by atoms with Crippen molar-refractivity contribution in [3.63, 3.8) is 0 Å². The summed E-state index contributed by atoms with van der Waals surface area (Å²) in [6, 6.07) is 0.352. The van der Waals surface area contributed by atoms with E-state index in [0.29, 0.717) is 0 Å². The number of likely N-dealkylation sites (N-methyl/N-ethyl adjacent to an activating group) is 1. The molecular weight excluding hydrogens is 238 g/mol. The Bertz CT molecular complexity index is 423. The van der Waals surface area contributed by atoms with Gasteiger partial charge in [0.25, 0.3) is 0 Å². The molecule has 5 nitrogen and oxygen atoms in total. The Kier molecular flexibility index (Phi) is 3.99. The summed E-state index contributed by atoms with van der Waals surface area (Å²) in [6.07, 6.45) is 4.03. The molecule has 1 aliphatic rings. The van der Waals surface area contributed by atoms with E-state index in [0.717, 1.165) is 19.6 Å². The summed E-state index contributed by atoms with van der Waals surface area (Å²) < 4.78 is 1.85. The number of rotatable bonds is 3. The lowest BCUT2D eigenvalue weighted by Gasteiger charge is -2.48. The largest absolute Gasteiger partial charge is 0.326 e. The van der Waals surface area contributed by atoms with Gasteiger partial charge in [-0.2, -0.15) is 5.10 Å². The van der Waals surface area contributed by atoms with Crippen molar-refractivity contribution in [1.29, 1.82) is 0 Å². The van der Waals surface area contributed by atoms with Gasteiger partial charge in [-0.05, 0) is 27.8 Å². The number of aromatic nitrogens is 2. The Balaban J connectivity index is 2.21. The third kappa shape index (κ3) is 2.99. The summed E-state index contributed by atoms with van der Waals surface area (Å²) in [5, 5.41) is 4.29. The number of aryl methyl sites for hydroxylation is 1. The molecule has 1 aromatic heterocycles. The molecule has 2 unspecified atom stereocenters. The van der Waals surface area contributed by atoms with Crippen LogP contribution in [0.25, 0.3) is 0 Å². The standard InChI is InChI=1S/C14H27N5/c1-11(15)13(12-8-16-18(5)9-12)19-7-6-17(4)14(2,3)10-19/h8-9,11,13H,6-7,10,15H2,1-5H3. The van der Waals surface area contributed by atoms with Crippen molar-refractivity contribution in [3.05, 3.63) is 18.0 Å². The van der Waals surface area contributed by atoms with Crippen molar-refractivity contribution in [2.75, 3.05) is 26.7 Å². The highest BCUT2D eigenvalue weighted by atomic mass is 15.3. The molecule has 0 bridgehead atoms. The SMILES string of the molecule is CC(N)C(c1cnn(C)c1)N1CCN(C)C(C)(C)C1. The Morgan fingerprint density at radius 2 is 2.00 bits per heavy atom. The van der Waals surface area contributed by atoms with Crippen LogP contribution in [0.4, 0.5) is 0 Å². The summed E-state index contributed by atoms with van der Waals surface area (Å²) in [4.78, 5) is 4.92. The molecule has 0 radical (unpaired) electrons. The lowest BCUT2D eigenvalue weighted by molar-refractivity contribution is 0.0112. The van der Waals surface area contributed by atoms with Gasteiger partial charge < -0.3 is 5.73 Å². The molecule has 1 aromatic rings. The second-order valence-electron chi connectivity index (χ2n) is 6.46. The average Bonchev–Trinajstić information content (AvgIpc) is 2.69. The van der Waals surface area contributed by atoms with E-state index in [9.17, 15) is 0 Å². The molecular formula is C14H27N5. The Morgan fingerprint density at radius 1 is 1.32 bits per heavy atom. The predicted octanol–water partition coefficient (Wildman–Crippen LogP) is 0.834. The molecule has 1 saturated heterocycles. The molecule has 1 aliphatic heterocycles. The quantitative estimate of drug-likeness (QED) is 0.880. The monoisotopic (exact) mass is 265 g/mol. The number of piperazine rings is 1. The summed E-state index contributed by atoms with van der Waals surface area (Å²) in [6.45, 7) is 9.84. The molecule has 2 rings (SSSR count). The average molecular weight is 265 g/mol. The fraction of sp³-hybridized carbons (Fsp3) is 0.786. The van der Waals surface area contributed by atoms with Crippen molar-refractivity contribution >= 4 is 0 Å². The maximum absolute atomic E-state index is 6.24. The highest BCUT2D eigenvalue weighted by Gasteiger charge is 2.36. The third-order valence-electron chi connectivity index (χ3n) is 4.30. The zero-order valence-electron chi connectivity index (χ0n) is 12.8. The first-order valence-electron chi connectivity index (χ1n) is 7.00. The molecule has 0 saturated carbocycles. The van der Waals surface area contributed by atoms with Crippen LogP contribution in [-0.4, -0.2) is 57.8 Å². The van der Waals surface area contributed by atoms with E-state index in [1.807, 2.05) is 17.9 Å². The molecule has 5 heteroatoms. The molecule has 2 atom stereocenters. The zero-order chi connectivity index (χ0) is 14.2. The number of hydrogen-bond acceptors (Lipinski definition) is 4. The van der Waals surface area contributed by atoms with E-state index in [1.165, 1.54) is 5.56 Å². The van der Waals surface area contributed by atoms with Crippen LogP contribution in [0.15, 0.2) is 12.4 Å². The van der Waals surface area contributed by atoms with Crippen LogP contribution in [0.2, 0.25) is 0 Å². The minimum Gasteiger partial charge on any atom is -0.326 e. The topological polar surface area (TPSA) is 50.3 Å². The summed E-state index contributed by atoms with van der Waals surface area (Å²) >= 11 is 0. The van der Waals surface area contributed by atoms with Crippen LogP contribution in [-0.2, 0) is 7.05 Å². The lowest BCUT2D eigenvalue weighted by atomic mass is 9.94. The van der Waals surface area contributed by atoms with E-state index >= 15 is 0 Å². The van der Waals surface area contributed by atoms with E-state index in [1.54, 1.807) is 0 Å². The molecule has 2 heterocycles. The van der Waals surface area contributed by atoms with Crippen LogP contribution in [0.5, 0.6) is 0 Å². The Labute approximate surface area is 116 Å². The van der Waals surface area contributed by atoms with Crippen molar-refractivity contribution < 1.29 is 0 Å². The van der Waals surface area contributed by atoms with Gasteiger partial charge in [0.2, 0.25) is 0 Å². The van der Waals surface area contributed by atoms with Crippen LogP contribution < -0.4 is 5.73 Å². The van der Waals surface area contributed by atoms with E-state index in [-0.39, 0.29) is 17.6 Å². The smallest absolute Gasteiger partial charge is 0.0538 e. The molecule has 108 valence electrons. The molecule has 0 amide bonds. The van der Waals surface area contributed by atoms with E-state index in [2.05, 4.69) is 48.9 Å². The van der Waals surface area contributed by atoms with Gasteiger partial charge in [-0.3, -0.25) is 14.5 Å². The molecule has 2 N–H and O–H groups in total. The van der Waals surface area contributed by atoms with Gasteiger partial charge in [0.15, 0.2) is 0 Å². The van der Waals surface area contributed by atoms with Crippen LogP contribution in [0, 0.1) is 0 Å². The minimum absolute atomic E-state index is 0.100. The number of hydrogen-bond donors (Lipinski definition) is 1. The van der Waals surface area contributed by atoms with E-state index in [4.69, 9.17) is 5.73 Å². The molecule has 0 aliphatic carbocycles. The fourth-order valence-electron chi connectivity index (χ4n) is 2.96. The van der Waals surface area contributed by atoms with Crippen molar-refractivity contribution in [3.8, 4) is 0 Å². The van der Waals surface area contributed by atoms with Gasteiger partial charge in [-0.15, -0.1) is 0 Å². The fourth-order valence-corrected chi connectivity index (χ4v) is 2.96. The minimum atomic E-state index is 0.100. The normalized spacial score (nSPS) is 24.3. The first kappa shape index (κ1) is 14.5. The highest BCUT2D eigenvalue weighted by Crippen LogP contribution is 2.29. The second kappa shape index (κ2) is 5.23. The van der Waals surface area contributed by atoms with Gasteiger partial charge in [-0.25, -0.2) is 0 Å². The van der Waals surface area contributed by atoms with Crippen molar-refractivity contribution in [1.82, 2.24) is 19.6 Å². The van der Waals surface area contributed by atoms with Gasteiger partial charge >= 0.3 is 0 Å². The Morgan fingerprint density at radius 3 is 2.47 bits per heavy atom. The second-order valence-corrected chi connectivity index (χ2v) is 6.46. The van der Waals surface area contributed by atoms with Gasteiger partial charge in [0.05, 0.1) is 12.2 Å². The molecule has 1 fully saturated rings. The number of nitrogens with two attached hydrogens (primary N) is 1. The summed E-state index contributed by atoms with van der Waals surface area (Å²) in [7, 11) is 4.15. The number of nitrogens with zero attached hydrogens (tertiary/aromatic N) is 4. The van der Waals surface area contributed by atoms with Crippen LogP contribution >= 0.6 is 0 Å². The van der Waals surface area contributed by atoms with Crippen LogP contribution in [0.1, 0.15) is 32.4 Å². The zero-order valence-corrected chi connectivity index (χ0v) is 12.8. The van der Waals surface area contributed by atoms with Gasteiger partial charge in [-0.1, -0.05) is 0 Å². The highest BCUT2D eigenvalue weighted by molar-refractivity contribution is 5.14. The maximum Gasteiger partial charge on any atom is 0.0538 e. The first-order chi connectivity index (χ1) is 8.81.